The number of ether oxygens (including phenoxy) is 3. The summed E-state index contributed by atoms with van der Waals surface area (Å²) in [6, 6.07) is 14.6. The summed E-state index contributed by atoms with van der Waals surface area (Å²) >= 11 is 0. The van der Waals surface area contributed by atoms with E-state index in [2.05, 4.69) is 5.32 Å². The summed E-state index contributed by atoms with van der Waals surface area (Å²) < 4.78 is 69.9. The number of nitrogens with one attached hydrogen (secondary N) is 1. The second-order valence-electron chi connectivity index (χ2n) is 13.6. The minimum Gasteiger partial charge on any atom is -0.481 e. The first kappa shape index (κ1) is 37.9. The molecule has 2 aliphatic heterocycles. The van der Waals surface area contributed by atoms with Crippen molar-refractivity contribution in [2.24, 2.45) is 29.6 Å². The minimum atomic E-state index is -4.06. The normalized spacial score (nSPS) is 24.7. The molecule has 1 amide bonds. The van der Waals surface area contributed by atoms with Crippen LogP contribution in [0.2, 0.25) is 0 Å². The molecule has 1 saturated carbocycles. The van der Waals surface area contributed by atoms with Crippen molar-refractivity contribution in [2.75, 3.05) is 45.9 Å². The van der Waals surface area contributed by atoms with E-state index < -0.39 is 29.8 Å². The molecule has 1 aliphatic carbocycles. The predicted octanol–water partition coefficient (Wildman–Crippen LogP) is 4.67. The van der Waals surface area contributed by atoms with E-state index in [1.165, 1.54) is 28.6 Å². The molecule has 2 saturated heterocycles. The number of carbonyl (C=O) groups is 1. The van der Waals surface area contributed by atoms with Gasteiger partial charge in [-0.3, -0.25) is 9.36 Å². The number of carbonyl (C=O) groups excluding carboxylic acids is 1. The predicted molar refractivity (Wildman–Crippen MR) is 183 cm³/mol. The summed E-state index contributed by atoms with van der Waals surface area (Å²) in [6.45, 7) is 8.73. The summed E-state index contributed by atoms with van der Waals surface area (Å²) in [5.74, 6) is 1.14. The number of aliphatic hydroxyl groups is 1. The van der Waals surface area contributed by atoms with Gasteiger partial charge in [0, 0.05) is 25.4 Å². The lowest BCUT2D eigenvalue weighted by Crippen LogP contribution is -2.51. The number of benzene rings is 2. The zero-order chi connectivity index (χ0) is 35.2. The lowest BCUT2D eigenvalue weighted by Gasteiger charge is -2.31. The quantitative estimate of drug-likeness (QED) is 0.196. The number of sulfonamides is 1. The van der Waals surface area contributed by atoms with Crippen LogP contribution in [-0.2, 0) is 44.3 Å². The summed E-state index contributed by atoms with van der Waals surface area (Å²) in [4.78, 5) is 13.6. The average Bonchev–Trinajstić information content (AvgIpc) is 3.60. The van der Waals surface area contributed by atoms with E-state index in [1.807, 2.05) is 44.2 Å². The lowest BCUT2D eigenvalue weighted by atomic mass is 9.86. The molecule has 3 aliphatic rings. The molecule has 14 heteroatoms. The highest BCUT2D eigenvalue weighted by atomic mass is 32.2. The fourth-order valence-electron chi connectivity index (χ4n) is 7.32. The molecule has 2 aromatic carbocycles. The van der Waals surface area contributed by atoms with Gasteiger partial charge >= 0.3 is 7.60 Å². The van der Waals surface area contributed by atoms with E-state index in [1.54, 1.807) is 13.8 Å². The molecular weight excluding hydrogens is 671 g/mol. The van der Waals surface area contributed by atoms with E-state index in [0.29, 0.717) is 43.6 Å². The Morgan fingerprint density at radius 2 is 1.67 bits per heavy atom. The Morgan fingerprint density at radius 3 is 2.33 bits per heavy atom. The first-order chi connectivity index (χ1) is 23.4. The van der Waals surface area contributed by atoms with E-state index >= 15 is 0 Å². The van der Waals surface area contributed by atoms with Gasteiger partial charge in [0.25, 0.3) is 0 Å². The number of aliphatic hydroxyl groups excluding tert-OH is 1. The second-order valence-corrected chi connectivity index (χ2v) is 17.5. The fourth-order valence-corrected chi connectivity index (χ4v) is 10.3. The van der Waals surface area contributed by atoms with Gasteiger partial charge in [-0.2, -0.15) is 4.31 Å². The molecule has 0 spiro atoms. The van der Waals surface area contributed by atoms with Crippen molar-refractivity contribution in [3.63, 3.8) is 0 Å². The van der Waals surface area contributed by atoms with Crippen LogP contribution < -0.4 is 10.1 Å². The molecule has 2 N–H and O–H groups in total. The van der Waals surface area contributed by atoms with Gasteiger partial charge in [0.15, 0.2) is 12.6 Å². The number of fused-ring (bicyclic) bond motifs is 1. The summed E-state index contributed by atoms with van der Waals surface area (Å²) in [6.07, 6.45) is -0.0465. The van der Waals surface area contributed by atoms with Crippen molar-refractivity contribution in [1.82, 2.24) is 9.62 Å². The molecule has 0 aromatic heterocycles. The Labute approximate surface area is 290 Å². The summed E-state index contributed by atoms with van der Waals surface area (Å²) in [5.41, 5.74) is 0.913. The second kappa shape index (κ2) is 16.8. The van der Waals surface area contributed by atoms with Crippen molar-refractivity contribution in [2.45, 2.75) is 70.3 Å². The Balaban J connectivity index is 1.29. The van der Waals surface area contributed by atoms with Gasteiger partial charge in [0.1, 0.15) is 5.75 Å². The molecule has 3 fully saturated rings. The number of amides is 1. The fraction of sp³-hybridized carbons (Fsp3) is 0.629. The van der Waals surface area contributed by atoms with E-state index in [4.69, 9.17) is 23.3 Å². The summed E-state index contributed by atoms with van der Waals surface area (Å²) in [5, 5.41) is 14.8. The van der Waals surface area contributed by atoms with Crippen LogP contribution in [0, 0.1) is 29.6 Å². The molecule has 0 radical (unpaired) electrons. The third kappa shape index (κ3) is 9.51. The van der Waals surface area contributed by atoms with Crippen LogP contribution in [0.3, 0.4) is 0 Å². The van der Waals surface area contributed by atoms with E-state index in [-0.39, 0.29) is 67.5 Å². The smallest absolute Gasteiger partial charge is 0.367 e. The van der Waals surface area contributed by atoms with Gasteiger partial charge in [-0.05, 0) is 80.2 Å². The van der Waals surface area contributed by atoms with Gasteiger partial charge in [0.2, 0.25) is 15.9 Å². The zero-order valence-electron chi connectivity index (χ0n) is 28.8. The minimum absolute atomic E-state index is 0.0146. The SMILES string of the molecule is CCOP(=O)(COc1ccc(S(=O)(=O)N(CC(C)C)C[C@@H](O)[C@H](Cc2ccccc2)NC(=O)C[C@H]2C3CO[C@H]4OC[C@@H]2C4C3)cc1)OCC. The standard InChI is InChI=1S/C35H51N2O10PS/c1-5-46-48(40,47-6-2)23-45-27-12-14-28(15-13-27)49(41,42)37(19-24(3)4)20-33(38)32(16-25-10-8-7-9-11-25)36-34(39)18-29-26-17-30-31(29)22-44-35(30)43-21-26/h7-15,24,26,29-33,35,38H,5-6,16-23H2,1-4H3,(H,36,39)/t26?,29-,30?,31-,32-,33+,35-/m0/s1. The molecule has 2 heterocycles. The van der Waals surface area contributed by atoms with E-state index in [9.17, 15) is 22.9 Å². The molecule has 2 bridgehead atoms. The molecular formula is C35H51N2O10PS. The van der Waals surface area contributed by atoms with Crippen LogP contribution in [0.15, 0.2) is 59.5 Å². The first-order valence-electron chi connectivity index (χ1n) is 17.3. The number of nitrogens with zero attached hydrogens (tertiary/aromatic N) is 1. The molecule has 272 valence electrons. The maximum absolute atomic E-state index is 14.0. The Bertz CT molecular complexity index is 1520. The van der Waals surface area contributed by atoms with Crippen LogP contribution >= 0.6 is 7.60 Å². The summed E-state index contributed by atoms with van der Waals surface area (Å²) in [7, 11) is -7.52. The number of hydrogen-bond acceptors (Lipinski definition) is 10. The van der Waals surface area contributed by atoms with Crippen LogP contribution in [0.5, 0.6) is 5.75 Å². The first-order valence-corrected chi connectivity index (χ1v) is 20.4. The van der Waals surface area contributed by atoms with Crippen molar-refractivity contribution >= 4 is 23.5 Å². The largest absolute Gasteiger partial charge is 0.481 e. The average molecular weight is 723 g/mol. The van der Waals surface area contributed by atoms with Crippen molar-refractivity contribution in [3.8, 4) is 5.75 Å². The Morgan fingerprint density at radius 1 is 1.00 bits per heavy atom. The van der Waals surface area contributed by atoms with Crippen LogP contribution in [0.4, 0.5) is 0 Å². The van der Waals surface area contributed by atoms with Crippen molar-refractivity contribution < 1.29 is 46.1 Å². The molecule has 12 nitrogen and oxygen atoms in total. The van der Waals surface area contributed by atoms with Crippen LogP contribution in [-0.4, -0.2) is 88.0 Å². The Hall–Kier alpha value is -2.35. The molecule has 5 rings (SSSR count). The molecule has 2 aromatic rings. The van der Waals surface area contributed by atoms with E-state index in [0.717, 1.165) is 12.0 Å². The van der Waals surface area contributed by atoms with Gasteiger partial charge in [-0.25, -0.2) is 8.42 Å². The highest BCUT2D eigenvalue weighted by Crippen LogP contribution is 2.52. The highest BCUT2D eigenvalue weighted by molar-refractivity contribution is 7.89. The lowest BCUT2D eigenvalue weighted by molar-refractivity contribution is -0.165. The van der Waals surface area contributed by atoms with Gasteiger partial charge in [-0.1, -0.05) is 44.2 Å². The third-order valence-corrected chi connectivity index (χ3v) is 13.1. The Kier molecular flexibility index (Phi) is 13.0. The topological polar surface area (TPSA) is 150 Å². The number of rotatable bonds is 19. The van der Waals surface area contributed by atoms with Gasteiger partial charge in [-0.15, -0.1) is 0 Å². The monoisotopic (exact) mass is 722 g/mol. The molecule has 2 unspecified atom stereocenters. The maximum Gasteiger partial charge on any atom is 0.367 e. The van der Waals surface area contributed by atoms with Gasteiger partial charge in [0.05, 0.1) is 43.5 Å². The van der Waals surface area contributed by atoms with Crippen LogP contribution in [0.1, 0.15) is 46.1 Å². The number of hydrogen-bond donors (Lipinski definition) is 2. The third-order valence-electron chi connectivity index (χ3n) is 9.55. The van der Waals surface area contributed by atoms with Gasteiger partial charge < -0.3 is 33.7 Å². The van der Waals surface area contributed by atoms with Crippen molar-refractivity contribution in [3.05, 3.63) is 60.2 Å². The van der Waals surface area contributed by atoms with Crippen LogP contribution in [0.25, 0.3) is 0 Å². The zero-order valence-corrected chi connectivity index (χ0v) is 30.5. The highest BCUT2D eigenvalue weighted by Gasteiger charge is 2.54. The molecule has 7 atom stereocenters. The maximum atomic E-state index is 14.0. The van der Waals surface area contributed by atoms with Crippen molar-refractivity contribution in [1.29, 1.82) is 0 Å². The molecule has 49 heavy (non-hydrogen) atoms.